The fourth-order valence-electron chi connectivity index (χ4n) is 2.41. The molecule has 0 saturated carbocycles. The number of ether oxygens (including phenoxy) is 2. The van der Waals surface area contributed by atoms with Gasteiger partial charge in [-0.25, -0.2) is 0 Å². The van der Waals surface area contributed by atoms with E-state index in [1.807, 2.05) is 11.8 Å². The van der Waals surface area contributed by atoms with E-state index >= 15 is 0 Å². The minimum atomic E-state index is -0.411. The van der Waals surface area contributed by atoms with Crippen LogP contribution in [-0.2, 0) is 4.74 Å². The van der Waals surface area contributed by atoms with Crippen molar-refractivity contribution in [3.63, 3.8) is 0 Å². The van der Waals surface area contributed by atoms with Gasteiger partial charge in [0.1, 0.15) is 0 Å². The Morgan fingerprint density at radius 1 is 1.55 bits per heavy atom. The molecule has 1 saturated heterocycles. The van der Waals surface area contributed by atoms with E-state index in [-0.39, 0.29) is 11.8 Å². The number of nitro groups is 1. The second kappa shape index (κ2) is 6.51. The van der Waals surface area contributed by atoms with Crippen molar-refractivity contribution in [1.82, 2.24) is 4.98 Å². The molecule has 2 rings (SSSR count). The smallest absolute Gasteiger partial charge is 0.311 e. The zero-order valence-corrected chi connectivity index (χ0v) is 11.7. The third kappa shape index (κ3) is 3.16. The molecule has 0 N–H and O–H groups in total. The maximum Gasteiger partial charge on any atom is 0.311 e. The number of pyridine rings is 1. The van der Waals surface area contributed by atoms with E-state index in [1.165, 1.54) is 19.2 Å². The Bertz CT molecular complexity index is 479. The van der Waals surface area contributed by atoms with Crippen molar-refractivity contribution < 1.29 is 14.4 Å². The molecule has 1 aliphatic rings. The van der Waals surface area contributed by atoms with Gasteiger partial charge >= 0.3 is 5.69 Å². The quantitative estimate of drug-likeness (QED) is 0.607. The molecular formula is C13H19N3O4. The minimum Gasteiger partial charge on any atom is -0.481 e. The normalized spacial score (nSPS) is 18.9. The molecule has 0 aliphatic carbocycles. The van der Waals surface area contributed by atoms with Crippen molar-refractivity contribution in [1.29, 1.82) is 0 Å². The fourth-order valence-corrected chi connectivity index (χ4v) is 2.41. The van der Waals surface area contributed by atoms with Crippen LogP contribution in [0.25, 0.3) is 0 Å². The predicted octanol–water partition coefficient (Wildman–Crippen LogP) is 2.00. The maximum atomic E-state index is 11.1. The van der Waals surface area contributed by atoms with Crippen LogP contribution >= 0.6 is 0 Å². The second-order valence-electron chi connectivity index (χ2n) is 4.62. The molecule has 7 nitrogen and oxygen atoms in total. The van der Waals surface area contributed by atoms with E-state index < -0.39 is 4.92 Å². The van der Waals surface area contributed by atoms with Crippen LogP contribution in [0.5, 0.6) is 5.88 Å². The van der Waals surface area contributed by atoms with Crippen molar-refractivity contribution in [2.45, 2.75) is 25.9 Å². The Labute approximate surface area is 117 Å². The molecule has 1 aromatic rings. The van der Waals surface area contributed by atoms with Gasteiger partial charge in [0.25, 0.3) is 0 Å². The Hall–Kier alpha value is -1.89. The predicted molar refractivity (Wildman–Crippen MR) is 74.3 cm³/mol. The minimum absolute atomic E-state index is 0.00273. The average molecular weight is 281 g/mol. The lowest BCUT2D eigenvalue weighted by Crippen LogP contribution is -2.40. The van der Waals surface area contributed by atoms with Crippen molar-refractivity contribution in [3.05, 3.63) is 22.2 Å². The molecule has 2 heterocycles. The van der Waals surface area contributed by atoms with Crippen LogP contribution in [-0.4, -0.2) is 42.8 Å². The number of anilines is 1. The number of hydrogen-bond acceptors (Lipinski definition) is 6. The Kier molecular flexibility index (Phi) is 4.73. The standard InChI is InChI=1S/C13H19N3O4/c1-3-20-10-5-4-8-15(9-10)13-11(16(17)18)6-7-12(14-13)19-2/h6-7,10H,3-5,8-9H2,1-2H3. The summed E-state index contributed by atoms with van der Waals surface area (Å²) in [6, 6.07) is 2.94. The summed E-state index contributed by atoms with van der Waals surface area (Å²) in [5.74, 6) is 0.739. The zero-order valence-electron chi connectivity index (χ0n) is 11.7. The molecule has 0 amide bonds. The lowest BCUT2D eigenvalue weighted by Gasteiger charge is -2.32. The first-order valence-electron chi connectivity index (χ1n) is 6.71. The average Bonchev–Trinajstić information content (AvgIpc) is 2.47. The van der Waals surface area contributed by atoms with E-state index in [0.717, 1.165) is 19.4 Å². The van der Waals surface area contributed by atoms with Gasteiger partial charge in [-0.15, -0.1) is 0 Å². The second-order valence-corrected chi connectivity index (χ2v) is 4.62. The fraction of sp³-hybridized carbons (Fsp3) is 0.615. The molecule has 7 heteroatoms. The van der Waals surface area contributed by atoms with Crippen LogP contribution in [0.4, 0.5) is 11.5 Å². The van der Waals surface area contributed by atoms with Gasteiger partial charge in [-0.2, -0.15) is 4.98 Å². The zero-order chi connectivity index (χ0) is 14.5. The molecule has 1 atom stereocenters. The van der Waals surface area contributed by atoms with Gasteiger partial charge in [0.15, 0.2) is 0 Å². The molecule has 0 aromatic carbocycles. The number of nitrogens with zero attached hydrogens (tertiary/aromatic N) is 3. The van der Waals surface area contributed by atoms with Crippen LogP contribution < -0.4 is 9.64 Å². The van der Waals surface area contributed by atoms with Crippen molar-refractivity contribution in [2.75, 3.05) is 31.7 Å². The first-order valence-corrected chi connectivity index (χ1v) is 6.71. The Morgan fingerprint density at radius 3 is 3.00 bits per heavy atom. The number of aromatic nitrogens is 1. The third-order valence-corrected chi connectivity index (χ3v) is 3.31. The van der Waals surface area contributed by atoms with Crippen LogP contribution in [0.3, 0.4) is 0 Å². The van der Waals surface area contributed by atoms with Crippen LogP contribution in [0, 0.1) is 10.1 Å². The Balaban J connectivity index is 2.27. The van der Waals surface area contributed by atoms with E-state index in [1.54, 1.807) is 0 Å². The highest BCUT2D eigenvalue weighted by molar-refractivity contribution is 5.59. The van der Waals surface area contributed by atoms with Crippen molar-refractivity contribution in [2.24, 2.45) is 0 Å². The van der Waals surface area contributed by atoms with Crippen LogP contribution in [0.2, 0.25) is 0 Å². The van der Waals surface area contributed by atoms with E-state index in [2.05, 4.69) is 4.98 Å². The first-order chi connectivity index (χ1) is 9.65. The molecule has 1 fully saturated rings. The van der Waals surface area contributed by atoms with Gasteiger partial charge in [-0.05, 0) is 19.8 Å². The van der Waals surface area contributed by atoms with E-state index in [9.17, 15) is 10.1 Å². The summed E-state index contributed by atoms with van der Waals surface area (Å²) in [5, 5.41) is 11.1. The summed E-state index contributed by atoms with van der Waals surface area (Å²) < 4.78 is 10.7. The molecule has 1 aliphatic heterocycles. The molecule has 0 radical (unpaired) electrons. The summed E-state index contributed by atoms with van der Waals surface area (Å²) in [4.78, 5) is 16.9. The molecule has 110 valence electrons. The largest absolute Gasteiger partial charge is 0.481 e. The van der Waals surface area contributed by atoms with Crippen molar-refractivity contribution in [3.8, 4) is 5.88 Å². The van der Waals surface area contributed by atoms with Crippen LogP contribution in [0.1, 0.15) is 19.8 Å². The number of rotatable bonds is 5. The lowest BCUT2D eigenvalue weighted by atomic mass is 10.1. The number of methoxy groups -OCH3 is 1. The monoisotopic (exact) mass is 281 g/mol. The van der Waals surface area contributed by atoms with Crippen LogP contribution in [0.15, 0.2) is 12.1 Å². The SMILES string of the molecule is CCOC1CCCN(c2nc(OC)ccc2[N+](=O)[O-])C1. The van der Waals surface area contributed by atoms with Gasteiger partial charge in [0, 0.05) is 31.8 Å². The summed E-state index contributed by atoms with van der Waals surface area (Å²) in [7, 11) is 1.50. The van der Waals surface area contributed by atoms with Gasteiger partial charge < -0.3 is 14.4 Å². The summed E-state index contributed by atoms with van der Waals surface area (Å²) in [6.07, 6.45) is 2.00. The summed E-state index contributed by atoms with van der Waals surface area (Å²) >= 11 is 0. The molecule has 0 bridgehead atoms. The lowest BCUT2D eigenvalue weighted by molar-refractivity contribution is -0.384. The Morgan fingerprint density at radius 2 is 2.35 bits per heavy atom. The topological polar surface area (TPSA) is 77.7 Å². The molecule has 1 aromatic heterocycles. The highest BCUT2D eigenvalue weighted by Crippen LogP contribution is 2.30. The maximum absolute atomic E-state index is 11.1. The molecule has 1 unspecified atom stereocenters. The third-order valence-electron chi connectivity index (χ3n) is 3.31. The number of hydrogen-bond donors (Lipinski definition) is 0. The molecular weight excluding hydrogens is 262 g/mol. The number of piperidine rings is 1. The van der Waals surface area contributed by atoms with E-state index in [0.29, 0.717) is 24.8 Å². The van der Waals surface area contributed by atoms with Gasteiger partial charge in [0.05, 0.1) is 18.1 Å². The van der Waals surface area contributed by atoms with Gasteiger partial charge in [-0.3, -0.25) is 10.1 Å². The highest BCUT2D eigenvalue weighted by atomic mass is 16.6. The van der Waals surface area contributed by atoms with Crippen molar-refractivity contribution >= 4 is 11.5 Å². The first kappa shape index (κ1) is 14.5. The van der Waals surface area contributed by atoms with E-state index in [4.69, 9.17) is 9.47 Å². The van der Waals surface area contributed by atoms with Gasteiger partial charge in [-0.1, -0.05) is 0 Å². The molecule has 20 heavy (non-hydrogen) atoms. The highest BCUT2D eigenvalue weighted by Gasteiger charge is 2.27. The summed E-state index contributed by atoms with van der Waals surface area (Å²) in [5.41, 5.74) is 0.00273. The van der Waals surface area contributed by atoms with Gasteiger partial charge in [0.2, 0.25) is 11.7 Å². The molecule has 0 spiro atoms. The summed E-state index contributed by atoms with van der Waals surface area (Å²) in [6.45, 7) is 3.96.